The van der Waals surface area contributed by atoms with E-state index in [-0.39, 0.29) is 6.61 Å². The lowest BCUT2D eigenvalue weighted by Crippen LogP contribution is -2.31. The number of nitriles is 1. The highest BCUT2D eigenvalue weighted by Crippen LogP contribution is 2.19. The van der Waals surface area contributed by atoms with Crippen molar-refractivity contribution < 1.29 is 9.84 Å². The van der Waals surface area contributed by atoms with Crippen LogP contribution in [-0.4, -0.2) is 53.2 Å². The van der Waals surface area contributed by atoms with Crippen LogP contribution in [-0.2, 0) is 11.3 Å². The zero-order valence-electron chi connectivity index (χ0n) is 13.6. The maximum absolute atomic E-state index is 9.48. The lowest BCUT2D eigenvalue weighted by molar-refractivity contribution is 0.125. The molecule has 0 aliphatic rings. The summed E-state index contributed by atoms with van der Waals surface area (Å²) in [5.41, 5.74) is 3.06. The van der Waals surface area contributed by atoms with Crippen LogP contribution in [0.3, 0.4) is 0 Å². The lowest BCUT2D eigenvalue weighted by Gasteiger charge is -2.21. The average molecular weight is 314 g/mol. The standard InChI is InChI=1S/C17H22N4O2/c1-14-16(12-18)17(13-20(8-10-22)9-11-23-2)21(19-14)15-6-4-3-5-7-15/h3-7,22H,8-11,13H2,1-2H3. The van der Waals surface area contributed by atoms with E-state index < -0.39 is 0 Å². The van der Waals surface area contributed by atoms with E-state index in [0.717, 1.165) is 11.4 Å². The molecule has 1 aromatic heterocycles. The summed E-state index contributed by atoms with van der Waals surface area (Å²) < 4.78 is 6.93. The van der Waals surface area contributed by atoms with Gasteiger partial charge >= 0.3 is 0 Å². The summed E-state index contributed by atoms with van der Waals surface area (Å²) in [6.07, 6.45) is 0. The fraction of sp³-hybridized carbons (Fsp3) is 0.412. The number of aromatic nitrogens is 2. The largest absolute Gasteiger partial charge is 0.395 e. The first-order chi connectivity index (χ1) is 11.2. The van der Waals surface area contributed by atoms with E-state index in [1.54, 1.807) is 7.11 Å². The van der Waals surface area contributed by atoms with Crippen LogP contribution in [0.2, 0.25) is 0 Å². The van der Waals surface area contributed by atoms with E-state index in [1.807, 2.05) is 41.9 Å². The van der Waals surface area contributed by atoms with Gasteiger partial charge in [0.15, 0.2) is 0 Å². The van der Waals surface area contributed by atoms with Crippen molar-refractivity contribution in [1.82, 2.24) is 14.7 Å². The predicted molar refractivity (Wildman–Crippen MR) is 87.3 cm³/mol. The first-order valence-corrected chi connectivity index (χ1v) is 7.57. The molecule has 1 aromatic carbocycles. The number of benzene rings is 1. The van der Waals surface area contributed by atoms with Gasteiger partial charge < -0.3 is 9.84 Å². The Morgan fingerprint density at radius 3 is 2.65 bits per heavy atom. The van der Waals surface area contributed by atoms with Crippen molar-refractivity contribution in [3.8, 4) is 11.8 Å². The minimum Gasteiger partial charge on any atom is -0.395 e. The number of hydrogen-bond acceptors (Lipinski definition) is 5. The Labute approximate surface area is 136 Å². The van der Waals surface area contributed by atoms with Crippen LogP contribution in [0.25, 0.3) is 5.69 Å². The molecular formula is C17H22N4O2. The second kappa shape index (κ2) is 8.44. The molecule has 1 N–H and O–H groups in total. The molecule has 6 heteroatoms. The Morgan fingerprint density at radius 1 is 1.30 bits per heavy atom. The minimum atomic E-state index is 0.0596. The number of aryl methyl sites for hydroxylation is 1. The molecule has 2 rings (SSSR count). The van der Waals surface area contributed by atoms with Gasteiger partial charge in [-0.1, -0.05) is 18.2 Å². The van der Waals surface area contributed by atoms with E-state index in [2.05, 4.69) is 16.1 Å². The average Bonchev–Trinajstić information content (AvgIpc) is 2.89. The molecule has 6 nitrogen and oxygen atoms in total. The second-order valence-electron chi connectivity index (χ2n) is 5.26. The number of aliphatic hydroxyl groups excluding tert-OH is 1. The maximum atomic E-state index is 9.48. The summed E-state index contributed by atoms with van der Waals surface area (Å²) >= 11 is 0. The number of rotatable bonds is 8. The molecule has 0 radical (unpaired) electrons. The first kappa shape index (κ1) is 17.2. The third kappa shape index (κ3) is 4.17. The Morgan fingerprint density at radius 2 is 2.04 bits per heavy atom. The molecule has 0 fully saturated rings. The smallest absolute Gasteiger partial charge is 0.103 e. The van der Waals surface area contributed by atoms with E-state index in [9.17, 15) is 10.4 Å². The van der Waals surface area contributed by atoms with Crippen molar-refractivity contribution in [2.75, 3.05) is 33.4 Å². The summed E-state index contributed by atoms with van der Waals surface area (Å²) in [6.45, 7) is 4.20. The van der Waals surface area contributed by atoms with Crippen LogP contribution in [0, 0.1) is 18.3 Å². The lowest BCUT2D eigenvalue weighted by atomic mass is 10.2. The van der Waals surface area contributed by atoms with Crippen molar-refractivity contribution in [2.24, 2.45) is 0 Å². The maximum Gasteiger partial charge on any atom is 0.103 e. The number of methoxy groups -OCH3 is 1. The van der Waals surface area contributed by atoms with Crippen molar-refractivity contribution >= 4 is 0 Å². The molecule has 0 spiro atoms. The molecule has 23 heavy (non-hydrogen) atoms. The molecule has 0 unspecified atom stereocenters. The molecule has 0 saturated heterocycles. The number of para-hydroxylation sites is 1. The Hall–Kier alpha value is -2.20. The zero-order chi connectivity index (χ0) is 16.7. The fourth-order valence-electron chi connectivity index (χ4n) is 2.49. The fourth-order valence-corrected chi connectivity index (χ4v) is 2.49. The van der Waals surface area contributed by atoms with E-state index in [1.165, 1.54) is 0 Å². The molecule has 1 heterocycles. The summed E-state index contributed by atoms with van der Waals surface area (Å²) in [7, 11) is 1.65. The van der Waals surface area contributed by atoms with E-state index in [4.69, 9.17) is 4.74 Å². The van der Waals surface area contributed by atoms with Crippen LogP contribution in [0.4, 0.5) is 0 Å². The number of ether oxygens (including phenoxy) is 1. The van der Waals surface area contributed by atoms with E-state index in [0.29, 0.717) is 37.5 Å². The molecule has 0 amide bonds. The summed E-state index contributed by atoms with van der Waals surface area (Å²) in [6, 6.07) is 12.0. The van der Waals surface area contributed by atoms with E-state index >= 15 is 0 Å². The van der Waals surface area contributed by atoms with Crippen molar-refractivity contribution in [3.63, 3.8) is 0 Å². The highest BCUT2D eigenvalue weighted by atomic mass is 16.5. The molecule has 0 aliphatic heterocycles. The highest BCUT2D eigenvalue weighted by molar-refractivity contribution is 5.43. The Bertz CT molecular complexity index is 661. The first-order valence-electron chi connectivity index (χ1n) is 7.57. The van der Waals surface area contributed by atoms with Crippen LogP contribution in [0.5, 0.6) is 0 Å². The van der Waals surface area contributed by atoms with Crippen molar-refractivity contribution in [1.29, 1.82) is 5.26 Å². The molecule has 0 aliphatic carbocycles. The molecule has 2 aromatic rings. The number of hydrogen-bond donors (Lipinski definition) is 1. The quantitative estimate of drug-likeness (QED) is 0.799. The normalized spacial score (nSPS) is 10.9. The summed E-state index contributed by atoms with van der Waals surface area (Å²) in [5, 5.41) is 23.3. The highest BCUT2D eigenvalue weighted by Gasteiger charge is 2.18. The molecular weight excluding hydrogens is 292 g/mol. The van der Waals surface area contributed by atoms with Crippen LogP contribution in [0.1, 0.15) is 17.0 Å². The van der Waals surface area contributed by atoms with Crippen LogP contribution < -0.4 is 0 Å². The Balaban J connectivity index is 2.37. The summed E-state index contributed by atoms with van der Waals surface area (Å²) in [5.74, 6) is 0. The third-order valence-electron chi connectivity index (χ3n) is 3.67. The van der Waals surface area contributed by atoms with Gasteiger partial charge in [-0.2, -0.15) is 10.4 Å². The molecule has 122 valence electrons. The third-order valence-corrected chi connectivity index (χ3v) is 3.67. The van der Waals surface area contributed by atoms with Gasteiger partial charge in [0.2, 0.25) is 0 Å². The van der Waals surface area contributed by atoms with Gasteiger partial charge in [0.05, 0.1) is 35.9 Å². The van der Waals surface area contributed by atoms with Gasteiger partial charge in [0, 0.05) is 26.7 Å². The van der Waals surface area contributed by atoms with Crippen molar-refractivity contribution in [3.05, 3.63) is 47.3 Å². The van der Waals surface area contributed by atoms with Crippen LogP contribution >= 0.6 is 0 Å². The molecule has 0 saturated carbocycles. The molecule has 0 bridgehead atoms. The van der Waals surface area contributed by atoms with Gasteiger partial charge in [0.1, 0.15) is 6.07 Å². The zero-order valence-corrected chi connectivity index (χ0v) is 13.6. The SMILES string of the molecule is COCCN(CCO)Cc1c(C#N)c(C)nn1-c1ccccc1. The Kier molecular flexibility index (Phi) is 6.29. The predicted octanol–water partition coefficient (Wildman–Crippen LogP) is 1.49. The molecule has 0 atom stereocenters. The topological polar surface area (TPSA) is 74.3 Å². The minimum absolute atomic E-state index is 0.0596. The van der Waals surface area contributed by atoms with Crippen LogP contribution in [0.15, 0.2) is 30.3 Å². The number of aliphatic hydroxyl groups is 1. The number of nitrogens with zero attached hydrogens (tertiary/aromatic N) is 4. The van der Waals surface area contributed by atoms with Gasteiger partial charge in [-0.15, -0.1) is 0 Å². The van der Waals surface area contributed by atoms with Gasteiger partial charge in [0.25, 0.3) is 0 Å². The van der Waals surface area contributed by atoms with Gasteiger partial charge in [-0.3, -0.25) is 4.90 Å². The summed E-state index contributed by atoms with van der Waals surface area (Å²) in [4.78, 5) is 2.06. The van der Waals surface area contributed by atoms with Crippen molar-refractivity contribution in [2.45, 2.75) is 13.5 Å². The second-order valence-corrected chi connectivity index (χ2v) is 5.26. The monoisotopic (exact) mass is 314 g/mol. The van der Waals surface area contributed by atoms with Gasteiger partial charge in [-0.05, 0) is 19.1 Å². The van der Waals surface area contributed by atoms with Gasteiger partial charge in [-0.25, -0.2) is 4.68 Å².